The number of H-pyrrole nitrogens is 1. The van der Waals surface area contributed by atoms with E-state index < -0.39 is 11.9 Å². The van der Waals surface area contributed by atoms with Gasteiger partial charge in [-0.1, -0.05) is 30.3 Å². The van der Waals surface area contributed by atoms with E-state index in [-0.39, 0.29) is 5.65 Å². The number of aromatic nitrogens is 2. The van der Waals surface area contributed by atoms with Crippen molar-refractivity contribution >= 4 is 11.0 Å². The summed E-state index contributed by atoms with van der Waals surface area (Å²) in [6.07, 6.45) is -4.42. The predicted octanol–water partition coefficient (Wildman–Crippen LogP) is 4.25. The standard InChI is InChI=1S/C14H9F3N2/c15-14(16,17)12-7-6-10-8-11(18-13(10)19-12)9-4-2-1-3-5-9/h1-8H,(H,18,19). The molecule has 0 atom stereocenters. The average molecular weight is 262 g/mol. The zero-order chi connectivity index (χ0) is 13.5. The fourth-order valence-corrected chi connectivity index (χ4v) is 1.94. The molecule has 2 aromatic heterocycles. The Hall–Kier alpha value is -2.30. The Kier molecular flexibility index (Phi) is 2.55. The van der Waals surface area contributed by atoms with Gasteiger partial charge in [-0.3, -0.25) is 0 Å². The molecule has 19 heavy (non-hydrogen) atoms. The van der Waals surface area contributed by atoms with Crippen LogP contribution in [0.4, 0.5) is 13.2 Å². The first-order valence-electron chi connectivity index (χ1n) is 5.66. The molecule has 0 spiro atoms. The van der Waals surface area contributed by atoms with E-state index in [1.807, 2.05) is 30.3 Å². The smallest absolute Gasteiger partial charge is 0.339 e. The average Bonchev–Trinajstić information content (AvgIpc) is 2.81. The lowest BCUT2D eigenvalue weighted by Crippen LogP contribution is -2.07. The molecule has 0 unspecified atom stereocenters. The molecule has 96 valence electrons. The third-order valence-electron chi connectivity index (χ3n) is 2.85. The summed E-state index contributed by atoms with van der Waals surface area (Å²) in [4.78, 5) is 6.53. The van der Waals surface area contributed by atoms with E-state index in [0.717, 1.165) is 17.3 Å². The Morgan fingerprint density at radius 3 is 2.37 bits per heavy atom. The number of hydrogen-bond acceptors (Lipinski definition) is 1. The van der Waals surface area contributed by atoms with Gasteiger partial charge in [0.05, 0.1) is 0 Å². The number of fused-ring (bicyclic) bond motifs is 1. The maximum absolute atomic E-state index is 12.6. The predicted molar refractivity (Wildman–Crippen MR) is 66.5 cm³/mol. The lowest BCUT2D eigenvalue weighted by molar-refractivity contribution is -0.141. The van der Waals surface area contributed by atoms with Gasteiger partial charge in [-0.05, 0) is 23.8 Å². The van der Waals surface area contributed by atoms with Gasteiger partial charge in [-0.15, -0.1) is 0 Å². The van der Waals surface area contributed by atoms with Crippen molar-refractivity contribution < 1.29 is 13.2 Å². The monoisotopic (exact) mass is 262 g/mol. The lowest BCUT2D eigenvalue weighted by atomic mass is 10.1. The van der Waals surface area contributed by atoms with E-state index >= 15 is 0 Å². The molecule has 0 aliphatic carbocycles. The van der Waals surface area contributed by atoms with Crippen molar-refractivity contribution in [1.29, 1.82) is 0 Å². The second-order valence-corrected chi connectivity index (χ2v) is 4.18. The number of benzene rings is 1. The summed E-state index contributed by atoms with van der Waals surface area (Å²) < 4.78 is 37.7. The molecule has 1 N–H and O–H groups in total. The Balaban J connectivity index is 2.12. The van der Waals surface area contributed by atoms with Crippen LogP contribution in [0.3, 0.4) is 0 Å². The Morgan fingerprint density at radius 2 is 1.68 bits per heavy atom. The van der Waals surface area contributed by atoms with E-state index in [9.17, 15) is 13.2 Å². The van der Waals surface area contributed by atoms with Gasteiger partial charge in [-0.2, -0.15) is 13.2 Å². The van der Waals surface area contributed by atoms with Crippen molar-refractivity contribution in [2.45, 2.75) is 6.18 Å². The van der Waals surface area contributed by atoms with Crippen molar-refractivity contribution in [2.75, 3.05) is 0 Å². The molecule has 2 heterocycles. The van der Waals surface area contributed by atoms with Crippen LogP contribution in [-0.4, -0.2) is 9.97 Å². The maximum Gasteiger partial charge on any atom is 0.433 e. The molecule has 0 bridgehead atoms. The zero-order valence-electron chi connectivity index (χ0n) is 9.70. The molecule has 0 amide bonds. The van der Waals surface area contributed by atoms with Gasteiger partial charge in [0.25, 0.3) is 0 Å². The largest absolute Gasteiger partial charge is 0.433 e. The normalized spacial score (nSPS) is 11.9. The summed E-state index contributed by atoms with van der Waals surface area (Å²) in [6, 6.07) is 13.6. The summed E-state index contributed by atoms with van der Waals surface area (Å²) in [7, 11) is 0. The third kappa shape index (κ3) is 2.19. The minimum Gasteiger partial charge on any atom is -0.339 e. The highest BCUT2D eigenvalue weighted by atomic mass is 19.4. The number of rotatable bonds is 1. The summed E-state index contributed by atoms with van der Waals surface area (Å²) in [5.74, 6) is 0. The second kappa shape index (κ2) is 4.12. The van der Waals surface area contributed by atoms with Gasteiger partial charge in [0.2, 0.25) is 0 Å². The first-order valence-corrected chi connectivity index (χ1v) is 5.66. The second-order valence-electron chi connectivity index (χ2n) is 4.18. The van der Waals surface area contributed by atoms with Gasteiger partial charge in [0, 0.05) is 11.1 Å². The molecule has 0 saturated carbocycles. The highest BCUT2D eigenvalue weighted by molar-refractivity contribution is 5.83. The molecule has 0 radical (unpaired) electrons. The van der Waals surface area contributed by atoms with Crippen LogP contribution in [0.1, 0.15) is 5.69 Å². The van der Waals surface area contributed by atoms with Crippen LogP contribution in [0.2, 0.25) is 0 Å². The van der Waals surface area contributed by atoms with Crippen molar-refractivity contribution in [3.8, 4) is 11.3 Å². The number of alkyl halides is 3. The molecule has 0 aliphatic rings. The Morgan fingerprint density at radius 1 is 0.947 bits per heavy atom. The molecule has 3 rings (SSSR count). The van der Waals surface area contributed by atoms with E-state index in [4.69, 9.17) is 0 Å². The fraction of sp³-hybridized carbons (Fsp3) is 0.0714. The van der Waals surface area contributed by atoms with Crippen LogP contribution in [0.25, 0.3) is 22.3 Å². The minimum atomic E-state index is -4.42. The van der Waals surface area contributed by atoms with Crippen molar-refractivity contribution in [3.05, 3.63) is 54.2 Å². The number of halogens is 3. The van der Waals surface area contributed by atoms with Gasteiger partial charge < -0.3 is 4.98 Å². The molecule has 0 aliphatic heterocycles. The van der Waals surface area contributed by atoms with Crippen LogP contribution in [0.5, 0.6) is 0 Å². The zero-order valence-corrected chi connectivity index (χ0v) is 9.70. The fourth-order valence-electron chi connectivity index (χ4n) is 1.94. The minimum absolute atomic E-state index is 0.244. The van der Waals surface area contributed by atoms with Gasteiger partial charge in [-0.25, -0.2) is 4.98 Å². The number of pyridine rings is 1. The van der Waals surface area contributed by atoms with Crippen molar-refractivity contribution in [2.24, 2.45) is 0 Å². The summed E-state index contributed by atoms with van der Waals surface area (Å²) in [6.45, 7) is 0. The molecule has 2 nitrogen and oxygen atoms in total. The topological polar surface area (TPSA) is 28.7 Å². The molecular formula is C14H9F3N2. The Labute approximate surface area is 106 Å². The first kappa shape index (κ1) is 11.8. The maximum atomic E-state index is 12.6. The lowest BCUT2D eigenvalue weighted by Gasteiger charge is -2.04. The van der Waals surface area contributed by atoms with Crippen LogP contribution in [0.15, 0.2) is 48.5 Å². The molecule has 1 aromatic carbocycles. The van der Waals surface area contributed by atoms with E-state index in [1.54, 1.807) is 6.07 Å². The number of hydrogen-bond donors (Lipinski definition) is 1. The summed E-state index contributed by atoms with van der Waals surface area (Å²) >= 11 is 0. The SMILES string of the molecule is FC(F)(F)c1ccc2cc(-c3ccccc3)[nH]c2n1. The van der Waals surface area contributed by atoms with Crippen LogP contribution < -0.4 is 0 Å². The molecular weight excluding hydrogens is 253 g/mol. The third-order valence-corrected chi connectivity index (χ3v) is 2.85. The first-order chi connectivity index (χ1) is 9.04. The highest BCUT2D eigenvalue weighted by Crippen LogP contribution is 2.30. The van der Waals surface area contributed by atoms with E-state index in [1.165, 1.54) is 6.07 Å². The van der Waals surface area contributed by atoms with Gasteiger partial charge in [0.15, 0.2) is 0 Å². The van der Waals surface area contributed by atoms with Gasteiger partial charge >= 0.3 is 6.18 Å². The molecule has 5 heteroatoms. The van der Waals surface area contributed by atoms with Crippen molar-refractivity contribution in [1.82, 2.24) is 9.97 Å². The summed E-state index contributed by atoms with van der Waals surface area (Å²) in [5, 5.41) is 0.659. The Bertz CT molecular complexity index is 714. The number of nitrogens with zero attached hydrogens (tertiary/aromatic N) is 1. The quantitative estimate of drug-likeness (QED) is 0.697. The van der Waals surface area contributed by atoms with E-state index in [0.29, 0.717) is 5.39 Å². The van der Waals surface area contributed by atoms with E-state index in [2.05, 4.69) is 9.97 Å². The van der Waals surface area contributed by atoms with Crippen LogP contribution >= 0.6 is 0 Å². The van der Waals surface area contributed by atoms with Crippen LogP contribution in [-0.2, 0) is 6.18 Å². The number of nitrogens with one attached hydrogen (secondary N) is 1. The summed E-state index contributed by atoms with van der Waals surface area (Å²) in [5.41, 5.74) is 1.02. The van der Waals surface area contributed by atoms with Crippen LogP contribution in [0, 0.1) is 0 Å². The van der Waals surface area contributed by atoms with Crippen molar-refractivity contribution in [3.63, 3.8) is 0 Å². The highest BCUT2D eigenvalue weighted by Gasteiger charge is 2.32. The van der Waals surface area contributed by atoms with Gasteiger partial charge in [0.1, 0.15) is 11.3 Å². The number of aromatic amines is 1. The molecule has 3 aromatic rings. The molecule has 0 fully saturated rings. The molecule has 0 saturated heterocycles.